The first-order chi connectivity index (χ1) is 24.1. The van der Waals surface area contributed by atoms with E-state index in [1.165, 1.54) is 0 Å². The Hall–Kier alpha value is -2.61. The maximum atomic E-state index is 13.9. The summed E-state index contributed by atoms with van der Waals surface area (Å²) in [5.41, 5.74) is 0. The van der Waals surface area contributed by atoms with Gasteiger partial charge in [0.1, 0.15) is 5.40 Å². The lowest BCUT2D eigenvalue weighted by atomic mass is 9.82. The van der Waals surface area contributed by atoms with Crippen LogP contribution < -0.4 is 0 Å². The highest BCUT2D eigenvalue weighted by molar-refractivity contribution is 8.03. The van der Waals surface area contributed by atoms with E-state index in [9.17, 15) is 154 Å². The van der Waals surface area contributed by atoms with Crippen LogP contribution in [0.25, 0.3) is 0 Å². The molecular weight excluding hydrogens is 951 g/mol. The van der Waals surface area contributed by atoms with Crippen LogP contribution in [-0.2, 0) is 0 Å². The molecule has 0 unspecified atom stereocenters. The standard InChI is InChI=1S/C20H4F35NS/c21-4(22,1-2-57-3-56)5(23,24)6(25,26)7(27,28)8(29,30)9(31,32)10(33,34)11(35,36)12(37,38)13(39,40)14(41,42)15(43,44)16(45,46)17(47,48)18(49,50)19(51,52)20(53,54)55/h1-2H2. The highest BCUT2D eigenvalue weighted by atomic mass is 32.2. The molecule has 0 bridgehead atoms. The summed E-state index contributed by atoms with van der Waals surface area (Å²) in [5, 5.41) is 8.67. The minimum atomic E-state index is -10.3. The Morgan fingerprint density at radius 3 is 0.579 bits per heavy atom. The molecule has 340 valence electrons. The first-order valence-electron chi connectivity index (χ1n) is 12.2. The minimum Gasteiger partial charge on any atom is -0.200 e. The topological polar surface area (TPSA) is 23.8 Å². The molecule has 0 aliphatic heterocycles. The van der Waals surface area contributed by atoms with Gasteiger partial charge in [-0.15, -0.1) is 0 Å². The quantitative estimate of drug-likeness (QED) is 0.0777. The molecule has 0 aliphatic carbocycles. The summed E-state index contributed by atoms with van der Waals surface area (Å²) < 4.78 is 474. The summed E-state index contributed by atoms with van der Waals surface area (Å²) in [6, 6.07) is 0. The second-order valence-corrected chi connectivity index (χ2v) is 11.4. The molecule has 0 aromatic rings. The third kappa shape index (κ3) is 6.49. The van der Waals surface area contributed by atoms with Crippen molar-refractivity contribution in [3.8, 4) is 5.40 Å². The fourth-order valence-electron chi connectivity index (χ4n) is 3.35. The van der Waals surface area contributed by atoms with Gasteiger partial charge in [-0.05, 0) is 11.8 Å². The second-order valence-electron chi connectivity index (χ2n) is 10.5. The molecule has 1 nitrogen and oxygen atoms in total. The summed E-state index contributed by atoms with van der Waals surface area (Å²) in [6.45, 7) is 0. The molecule has 0 heterocycles. The zero-order valence-corrected chi connectivity index (χ0v) is 25.3. The van der Waals surface area contributed by atoms with E-state index in [1.807, 2.05) is 0 Å². The maximum Gasteiger partial charge on any atom is 0.460 e. The number of thioether (sulfide) groups is 1. The fourth-order valence-corrected chi connectivity index (χ4v) is 3.80. The van der Waals surface area contributed by atoms with Crippen molar-refractivity contribution < 1.29 is 154 Å². The van der Waals surface area contributed by atoms with Crippen molar-refractivity contribution in [3.63, 3.8) is 0 Å². The molecule has 0 rings (SSSR count). The third-order valence-corrected chi connectivity index (χ3v) is 7.46. The molecule has 0 fully saturated rings. The van der Waals surface area contributed by atoms with E-state index in [1.54, 1.807) is 0 Å². The lowest BCUT2D eigenvalue weighted by Gasteiger charge is -2.47. The first kappa shape index (κ1) is 54.4. The van der Waals surface area contributed by atoms with E-state index in [2.05, 4.69) is 0 Å². The van der Waals surface area contributed by atoms with Gasteiger partial charge in [-0.1, -0.05) is 0 Å². The van der Waals surface area contributed by atoms with Gasteiger partial charge in [0.25, 0.3) is 0 Å². The molecule has 0 amide bonds. The third-order valence-electron chi connectivity index (χ3n) is 6.92. The molecule has 0 saturated heterocycles. The van der Waals surface area contributed by atoms with Crippen LogP contribution in [0.3, 0.4) is 0 Å². The zero-order chi connectivity index (χ0) is 47.3. The summed E-state index contributed by atoms with van der Waals surface area (Å²) in [6.07, 6.45) is -11.5. The van der Waals surface area contributed by atoms with Gasteiger partial charge in [-0.25, -0.2) is 0 Å². The predicted molar refractivity (Wildman–Crippen MR) is 108 cm³/mol. The normalized spacial score (nSPS) is 16.9. The highest BCUT2D eigenvalue weighted by Gasteiger charge is 3.02. The predicted octanol–water partition coefficient (Wildman–Crippen LogP) is 12.3. The van der Waals surface area contributed by atoms with Crippen LogP contribution in [0.5, 0.6) is 0 Å². The van der Waals surface area contributed by atoms with Gasteiger partial charge in [0.15, 0.2) is 0 Å². The molecule has 0 atom stereocenters. The van der Waals surface area contributed by atoms with Crippen LogP contribution in [0, 0.1) is 10.7 Å². The summed E-state index contributed by atoms with van der Waals surface area (Å²) >= 11 is -0.709. The maximum absolute atomic E-state index is 13.9. The Morgan fingerprint density at radius 1 is 0.263 bits per heavy atom. The van der Waals surface area contributed by atoms with Gasteiger partial charge in [0.05, 0.1) is 0 Å². The molecule has 57 heavy (non-hydrogen) atoms. The van der Waals surface area contributed by atoms with E-state index < -0.39 is 125 Å². The molecular formula is C20H4F35NS. The molecule has 0 radical (unpaired) electrons. The summed E-state index contributed by atoms with van der Waals surface area (Å²) in [5.74, 6) is -156. The van der Waals surface area contributed by atoms with Crippen LogP contribution in [-0.4, -0.2) is 107 Å². The smallest absolute Gasteiger partial charge is 0.200 e. The molecule has 0 aromatic carbocycles. The van der Waals surface area contributed by atoms with Gasteiger partial charge in [0.2, 0.25) is 0 Å². The number of rotatable bonds is 18. The highest BCUT2D eigenvalue weighted by Crippen LogP contribution is 2.70. The van der Waals surface area contributed by atoms with E-state index in [0.29, 0.717) is 5.40 Å². The van der Waals surface area contributed by atoms with E-state index >= 15 is 0 Å². The second kappa shape index (κ2) is 13.7. The Morgan fingerprint density at radius 2 is 0.421 bits per heavy atom. The Balaban J connectivity index is 7.74. The van der Waals surface area contributed by atoms with Crippen molar-refractivity contribution >= 4 is 11.8 Å². The van der Waals surface area contributed by atoms with Crippen molar-refractivity contribution in [2.75, 3.05) is 5.75 Å². The van der Waals surface area contributed by atoms with Crippen molar-refractivity contribution in [2.45, 2.75) is 107 Å². The molecule has 0 saturated carbocycles. The molecule has 0 aliphatic rings. The van der Waals surface area contributed by atoms with E-state index in [0.717, 1.165) is 0 Å². The van der Waals surface area contributed by atoms with Crippen LogP contribution in [0.4, 0.5) is 154 Å². The Bertz CT molecular complexity index is 1490. The van der Waals surface area contributed by atoms with Crippen molar-refractivity contribution in [2.24, 2.45) is 0 Å². The van der Waals surface area contributed by atoms with Crippen LogP contribution in [0.15, 0.2) is 0 Å². The first-order valence-corrected chi connectivity index (χ1v) is 13.2. The number of thiocyanates is 1. The van der Waals surface area contributed by atoms with Crippen LogP contribution in [0.1, 0.15) is 6.42 Å². The van der Waals surface area contributed by atoms with E-state index in [-0.39, 0.29) is 0 Å². The van der Waals surface area contributed by atoms with Crippen LogP contribution in [0.2, 0.25) is 0 Å². The average molecular weight is 955 g/mol. The SMILES string of the molecule is N#CSCCC(F)(F)C(F)(F)C(F)(F)C(F)(F)C(F)(F)C(F)(F)C(F)(F)C(F)(F)C(F)(F)C(F)(F)C(F)(F)C(F)(F)C(F)(F)C(F)(F)C(F)(F)C(F)(F)C(F)(F)F. The number of hydrogen-bond donors (Lipinski definition) is 0. The minimum absolute atomic E-state index is 0.667. The average Bonchev–Trinajstić information content (AvgIpc) is 2.98. The van der Waals surface area contributed by atoms with Crippen molar-refractivity contribution in [1.82, 2.24) is 0 Å². The van der Waals surface area contributed by atoms with E-state index in [4.69, 9.17) is 5.26 Å². The summed E-state index contributed by atoms with van der Waals surface area (Å²) in [4.78, 5) is 0. The van der Waals surface area contributed by atoms with Gasteiger partial charge < -0.3 is 0 Å². The Kier molecular flexibility index (Phi) is 13.1. The lowest BCUT2D eigenvalue weighted by molar-refractivity contribution is -0.492. The molecule has 37 heteroatoms. The molecule has 0 aromatic heterocycles. The lowest BCUT2D eigenvalue weighted by Crippen LogP contribution is -2.80. The fraction of sp³-hybridized carbons (Fsp3) is 0.950. The number of alkyl halides is 35. The Labute approximate surface area is 290 Å². The van der Waals surface area contributed by atoms with Gasteiger partial charge in [-0.3, -0.25) is 0 Å². The van der Waals surface area contributed by atoms with Gasteiger partial charge >= 0.3 is 101 Å². The summed E-state index contributed by atoms with van der Waals surface area (Å²) in [7, 11) is 0. The van der Waals surface area contributed by atoms with Crippen LogP contribution >= 0.6 is 11.8 Å². The molecule has 0 N–H and O–H groups in total. The zero-order valence-electron chi connectivity index (χ0n) is 24.5. The van der Waals surface area contributed by atoms with Crippen molar-refractivity contribution in [1.29, 1.82) is 5.26 Å². The number of nitriles is 1. The van der Waals surface area contributed by atoms with Crippen molar-refractivity contribution in [3.05, 3.63) is 0 Å². The monoisotopic (exact) mass is 955 g/mol. The van der Waals surface area contributed by atoms with Gasteiger partial charge in [-0.2, -0.15) is 159 Å². The largest absolute Gasteiger partial charge is 0.460 e. The van der Waals surface area contributed by atoms with Gasteiger partial charge in [0, 0.05) is 12.2 Å². The number of nitrogens with zero attached hydrogens (tertiary/aromatic N) is 1. The molecule has 0 spiro atoms. The number of hydrogen-bond acceptors (Lipinski definition) is 2. The number of halogens is 35.